The molecule has 0 aliphatic carbocycles. The Hall–Kier alpha value is -0.0800. The van der Waals surface area contributed by atoms with Gasteiger partial charge in [-0.25, -0.2) is 0 Å². The van der Waals surface area contributed by atoms with E-state index in [0.717, 1.165) is 12.8 Å². The summed E-state index contributed by atoms with van der Waals surface area (Å²) in [5.41, 5.74) is 0. The van der Waals surface area contributed by atoms with Crippen LogP contribution in [0.15, 0.2) is 28.6 Å². The fourth-order valence-electron chi connectivity index (χ4n) is 0.737. The summed E-state index contributed by atoms with van der Waals surface area (Å²) in [7, 11) is 0. The fourth-order valence-corrected chi connectivity index (χ4v) is 2.31. The molecule has 0 spiro atoms. The van der Waals surface area contributed by atoms with Crippen molar-refractivity contribution in [2.24, 2.45) is 0 Å². The van der Waals surface area contributed by atoms with E-state index in [0.29, 0.717) is 0 Å². The summed E-state index contributed by atoms with van der Waals surface area (Å²) in [6.45, 7) is 3.68. The van der Waals surface area contributed by atoms with E-state index in [1.165, 1.54) is 9.35 Å². The van der Waals surface area contributed by atoms with Crippen molar-refractivity contribution in [1.82, 2.24) is 0 Å². The highest BCUT2D eigenvalue weighted by Gasteiger charge is 1.97. The molecule has 0 atom stereocenters. The molecule has 0 aromatic carbocycles. The SMILES string of the molecule is C=CCCc1sccc1Br. The first-order valence-electron chi connectivity index (χ1n) is 3.17. The molecule has 54 valence electrons. The van der Waals surface area contributed by atoms with Gasteiger partial charge in [-0.15, -0.1) is 17.9 Å². The average Bonchev–Trinajstić information content (AvgIpc) is 2.31. The van der Waals surface area contributed by atoms with Gasteiger partial charge in [0.25, 0.3) is 0 Å². The maximum atomic E-state index is 3.68. The Morgan fingerprint density at radius 1 is 1.70 bits per heavy atom. The van der Waals surface area contributed by atoms with Gasteiger partial charge in [0, 0.05) is 9.35 Å². The summed E-state index contributed by atoms with van der Waals surface area (Å²) in [5.74, 6) is 0. The molecule has 0 N–H and O–H groups in total. The lowest BCUT2D eigenvalue weighted by Crippen LogP contribution is -1.76. The van der Waals surface area contributed by atoms with Crippen LogP contribution in [-0.2, 0) is 6.42 Å². The van der Waals surface area contributed by atoms with Crippen LogP contribution in [0.3, 0.4) is 0 Å². The third-order valence-electron chi connectivity index (χ3n) is 1.27. The lowest BCUT2D eigenvalue weighted by atomic mass is 10.3. The second kappa shape index (κ2) is 3.94. The van der Waals surface area contributed by atoms with Crippen LogP contribution in [0, 0.1) is 0 Å². The normalized spacial score (nSPS) is 9.70. The molecular formula is C8H9BrS. The molecule has 1 aromatic heterocycles. The Morgan fingerprint density at radius 2 is 2.50 bits per heavy atom. The standard InChI is InChI=1S/C8H9BrS/c1-2-3-4-8-7(9)5-6-10-8/h2,5-6H,1,3-4H2. The first-order chi connectivity index (χ1) is 4.84. The largest absolute Gasteiger partial charge is 0.148 e. The van der Waals surface area contributed by atoms with Gasteiger partial charge in [0.15, 0.2) is 0 Å². The predicted molar refractivity (Wildman–Crippen MR) is 50.5 cm³/mol. The minimum Gasteiger partial charge on any atom is -0.148 e. The Bertz CT molecular complexity index is 215. The van der Waals surface area contributed by atoms with Crippen LogP contribution in [0.4, 0.5) is 0 Å². The maximum absolute atomic E-state index is 3.68. The summed E-state index contributed by atoms with van der Waals surface area (Å²) in [6.07, 6.45) is 4.13. The molecule has 0 aliphatic rings. The highest BCUT2D eigenvalue weighted by molar-refractivity contribution is 9.10. The monoisotopic (exact) mass is 216 g/mol. The number of hydrogen-bond acceptors (Lipinski definition) is 1. The fraction of sp³-hybridized carbons (Fsp3) is 0.250. The number of allylic oxidation sites excluding steroid dienone is 1. The molecule has 1 aromatic rings. The zero-order valence-corrected chi connectivity index (χ0v) is 8.04. The van der Waals surface area contributed by atoms with Crippen molar-refractivity contribution >= 4 is 27.3 Å². The van der Waals surface area contributed by atoms with Crippen LogP contribution >= 0.6 is 27.3 Å². The quantitative estimate of drug-likeness (QED) is 0.678. The summed E-state index contributed by atoms with van der Waals surface area (Å²) in [5, 5.41) is 2.10. The average molecular weight is 217 g/mol. The van der Waals surface area contributed by atoms with Crippen molar-refractivity contribution in [2.45, 2.75) is 12.8 Å². The third kappa shape index (κ3) is 1.96. The van der Waals surface area contributed by atoms with Crippen LogP contribution in [0.2, 0.25) is 0 Å². The topological polar surface area (TPSA) is 0 Å². The zero-order chi connectivity index (χ0) is 7.40. The molecule has 10 heavy (non-hydrogen) atoms. The van der Waals surface area contributed by atoms with Crippen molar-refractivity contribution in [1.29, 1.82) is 0 Å². The van der Waals surface area contributed by atoms with Gasteiger partial charge in [-0.1, -0.05) is 6.08 Å². The van der Waals surface area contributed by atoms with Crippen molar-refractivity contribution in [2.75, 3.05) is 0 Å². The molecule has 0 aliphatic heterocycles. The number of halogens is 1. The summed E-state index contributed by atoms with van der Waals surface area (Å²) < 4.78 is 1.24. The van der Waals surface area contributed by atoms with Crippen LogP contribution in [0.5, 0.6) is 0 Å². The van der Waals surface area contributed by atoms with E-state index in [2.05, 4.69) is 34.0 Å². The van der Waals surface area contributed by atoms with Gasteiger partial charge in [-0.3, -0.25) is 0 Å². The molecule has 0 fully saturated rings. The lowest BCUT2D eigenvalue weighted by Gasteiger charge is -1.91. The molecule has 0 unspecified atom stereocenters. The second-order valence-electron chi connectivity index (χ2n) is 2.02. The molecule has 2 heteroatoms. The van der Waals surface area contributed by atoms with E-state index >= 15 is 0 Å². The van der Waals surface area contributed by atoms with Gasteiger partial charge in [0.05, 0.1) is 0 Å². The molecule has 0 nitrogen and oxygen atoms in total. The van der Waals surface area contributed by atoms with Gasteiger partial charge >= 0.3 is 0 Å². The van der Waals surface area contributed by atoms with Crippen LogP contribution in [0.1, 0.15) is 11.3 Å². The molecule has 1 heterocycles. The van der Waals surface area contributed by atoms with E-state index in [9.17, 15) is 0 Å². The number of thiophene rings is 1. The van der Waals surface area contributed by atoms with Crippen molar-refractivity contribution < 1.29 is 0 Å². The molecule has 0 bridgehead atoms. The Kier molecular flexibility index (Phi) is 3.16. The van der Waals surface area contributed by atoms with Gasteiger partial charge in [-0.2, -0.15) is 0 Å². The summed E-state index contributed by atoms with van der Waals surface area (Å²) in [6, 6.07) is 2.09. The maximum Gasteiger partial charge on any atom is 0.0314 e. The van der Waals surface area contributed by atoms with Crippen LogP contribution < -0.4 is 0 Å². The first-order valence-corrected chi connectivity index (χ1v) is 4.84. The Labute approximate surface area is 73.7 Å². The van der Waals surface area contributed by atoms with Crippen LogP contribution in [0.25, 0.3) is 0 Å². The zero-order valence-electron chi connectivity index (χ0n) is 5.64. The smallest absolute Gasteiger partial charge is 0.0314 e. The molecular weight excluding hydrogens is 208 g/mol. The summed E-state index contributed by atoms with van der Waals surface area (Å²) in [4.78, 5) is 1.42. The van der Waals surface area contributed by atoms with E-state index in [1.807, 2.05) is 6.08 Å². The van der Waals surface area contributed by atoms with Gasteiger partial charge < -0.3 is 0 Å². The van der Waals surface area contributed by atoms with E-state index < -0.39 is 0 Å². The molecule has 0 saturated heterocycles. The first kappa shape index (κ1) is 8.02. The van der Waals surface area contributed by atoms with Gasteiger partial charge in [0.2, 0.25) is 0 Å². The Balaban J connectivity index is 2.56. The highest BCUT2D eigenvalue weighted by atomic mass is 79.9. The van der Waals surface area contributed by atoms with E-state index in [-0.39, 0.29) is 0 Å². The molecule has 1 rings (SSSR count). The minimum atomic E-state index is 1.07. The number of aryl methyl sites for hydroxylation is 1. The minimum absolute atomic E-state index is 1.07. The van der Waals surface area contributed by atoms with Crippen molar-refractivity contribution in [3.05, 3.63) is 33.5 Å². The number of rotatable bonds is 3. The van der Waals surface area contributed by atoms with E-state index in [1.54, 1.807) is 11.3 Å². The van der Waals surface area contributed by atoms with Crippen LogP contribution in [-0.4, -0.2) is 0 Å². The van der Waals surface area contributed by atoms with Crippen molar-refractivity contribution in [3.63, 3.8) is 0 Å². The van der Waals surface area contributed by atoms with E-state index in [4.69, 9.17) is 0 Å². The molecule has 0 radical (unpaired) electrons. The van der Waals surface area contributed by atoms with Crippen molar-refractivity contribution in [3.8, 4) is 0 Å². The van der Waals surface area contributed by atoms with Gasteiger partial charge in [-0.05, 0) is 40.2 Å². The molecule has 0 amide bonds. The number of hydrogen-bond donors (Lipinski definition) is 0. The Morgan fingerprint density at radius 3 is 3.00 bits per heavy atom. The highest BCUT2D eigenvalue weighted by Crippen LogP contribution is 2.23. The van der Waals surface area contributed by atoms with Gasteiger partial charge in [0.1, 0.15) is 0 Å². The molecule has 0 saturated carbocycles. The third-order valence-corrected chi connectivity index (χ3v) is 3.25. The second-order valence-corrected chi connectivity index (χ2v) is 3.87. The predicted octanol–water partition coefficient (Wildman–Crippen LogP) is 3.63. The summed E-state index contributed by atoms with van der Waals surface area (Å²) >= 11 is 5.27. The lowest BCUT2D eigenvalue weighted by molar-refractivity contribution is 1.02.